The third-order valence-corrected chi connectivity index (χ3v) is 1.99. The summed E-state index contributed by atoms with van der Waals surface area (Å²) in [6.45, 7) is 7.14. The summed E-state index contributed by atoms with van der Waals surface area (Å²) in [6.07, 6.45) is 0.979. The van der Waals surface area contributed by atoms with E-state index in [2.05, 4.69) is 22.5 Å². The van der Waals surface area contributed by atoms with Crippen LogP contribution in [0.4, 0.5) is 0 Å². The van der Waals surface area contributed by atoms with Crippen LogP contribution in [0.15, 0.2) is 4.99 Å². The van der Waals surface area contributed by atoms with Gasteiger partial charge in [0.05, 0.1) is 6.61 Å². The third-order valence-electron chi connectivity index (χ3n) is 1.99. The quantitative estimate of drug-likeness (QED) is 0.365. The minimum atomic E-state index is 0.253. The van der Waals surface area contributed by atoms with Gasteiger partial charge in [-0.3, -0.25) is 4.99 Å². The molecule has 0 bridgehead atoms. The Labute approximate surface area is 98.6 Å². The van der Waals surface area contributed by atoms with Crippen molar-refractivity contribution in [2.24, 2.45) is 4.99 Å². The van der Waals surface area contributed by atoms with Gasteiger partial charge in [-0.1, -0.05) is 0 Å². The number of ether oxygens (including phenoxy) is 2. The van der Waals surface area contributed by atoms with Gasteiger partial charge in [0.25, 0.3) is 0 Å². The van der Waals surface area contributed by atoms with Gasteiger partial charge in [-0.15, -0.1) is 0 Å². The standard InChI is InChI=1S/C11H25N3O2/c1-5-16-8-6-7-13-11(12-3)14-10(2)9-15-4/h10H,5-9H2,1-4H3,(H2,12,13,14). The summed E-state index contributed by atoms with van der Waals surface area (Å²) in [4.78, 5) is 4.13. The fraction of sp³-hybridized carbons (Fsp3) is 0.909. The molecule has 0 aliphatic rings. The molecule has 16 heavy (non-hydrogen) atoms. The Kier molecular flexibility index (Phi) is 10.2. The van der Waals surface area contributed by atoms with E-state index < -0.39 is 0 Å². The first-order chi connectivity index (χ1) is 7.74. The van der Waals surface area contributed by atoms with Crippen LogP contribution in [0, 0.1) is 0 Å². The van der Waals surface area contributed by atoms with Crippen LogP contribution in [0.1, 0.15) is 20.3 Å². The first-order valence-corrected chi connectivity index (χ1v) is 5.78. The molecule has 0 aliphatic heterocycles. The minimum absolute atomic E-state index is 0.253. The Balaban J connectivity index is 3.60. The SMILES string of the molecule is CCOCCCNC(=NC)NC(C)COC. The first kappa shape index (κ1) is 15.2. The van der Waals surface area contributed by atoms with Crippen molar-refractivity contribution in [2.75, 3.05) is 40.5 Å². The van der Waals surface area contributed by atoms with Crippen LogP contribution < -0.4 is 10.6 Å². The number of hydrogen-bond donors (Lipinski definition) is 2. The molecule has 1 unspecified atom stereocenters. The second-order valence-electron chi connectivity index (χ2n) is 3.55. The minimum Gasteiger partial charge on any atom is -0.383 e. The summed E-state index contributed by atoms with van der Waals surface area (Å²) >= 11 is 0. The fourth-order valence-corrected chi connectivity index (χ4v) is 1.25. The average Bonchev–Trinajstić information content (AvgIpc) is 2.27. The zero-order chi connectivity index (χ0) is 12.2. The molecule has 0 rings (SSSR count). The maximum Gasteiger partial charge on any atom is 0.191 e. The third kappa shape index (κ3) is 8.49. The summed E-state index contributed by atoms with van der Waals surface area (Å²) in [5, 5.41) is 6.45. The molecule has 0 heterocycles. The summed E-state index contributed by atoms with van der Waals surface area (Å²) in [5.41, 5.74) is 0. The predicted octanol–water partition coefficient (Wildman–Crippen LogP) is 0.613. The highest BCUT2D eigenvalue weighted by Crippen LogP contribution is 1.84. The van der Waals surface area contributed by atoms with Crippen molar-refractivity contribution in [3.8, 4) is 0 Å². The molecule has 5 heteroatoms. The second kappa shape index (κ2) is 10.7. The van der Waals surface area contributed by atoms with Crippen LogP contribution in [0.25, 0.3) is 0 Å². The average molecular weight is 231 g/mol. The number of hydrogen-bond acceptors (Lipinski definition) is 3. The van der Waals surface area contributed by atoms with E-state index in [0.717, 1.165) is 32.1 Å². The Morgan fingerprint density at radius 2 is 2.19 bits per heavy atom. The summed E-state index contributed by atoms with van der Waals surface area (Å²) in [6, 6.07) is 0.253. The normalized spacial score (nSPS) is 13.6. The molecule has 1 atom stereocenters. The smallest absolute Gasteiger partial charge is 0.191 e. The zero-order valence-corrected chi connectivity index (χ0v) is 10.9. The van der Waals surface area contributed by atoms with Crippen LogP contribution in [0.2, 0.25) is 0 Å². The molecule has 0 aromatic rings. The maximum absolute atomic E-state index is 5.25. The van der Waals surface area contributed by atoms with E-state index in [4.69, 9.17) is 9.47 Å². The number of methoxy groups -OCH3 is 1. The molecule has 0 aliphatic carbocycles. The van der Waals surface area contributed by atoms with Crippen LogP contribution in [0.3, 0.4) is 0 Å². The predicted molar refractivity (Wildman–Crippen MR) is 66.9 cm³/mol. The summed E-state index contributed by atoms with van der Waals surface area (Å²) < 4.78 is 10.3. The van der Waals surface area contributed by atoms with Gasteiger partial charge in [0.2, 0.25) is 0 Å². The lowest BCUT2D eigenvalue weighted by Crippen LogP contribution is -2.44. The topological polar surface area (TPSA) is 54.9 Å². The van der Waals surface area contributed by atoms with E-state index in [1.54, 1.807) is 14.2 Å². The number of nitrogens with one attached hydrogen (secondary N) is 2. The van der Waals surface area contributed by atoms with Gasteiger partial charge in [0.1, 0.15) is 0 Å². The Bertz CT molecular complexity index is 186. The lowest BCUT2D eigenvalue weighted by molar-refractivity contribution is 0.145. The van der Waals surface area contributed by atoms with Crippen molar-refractivity contribution in [1.82, 2.24) is 10.6 Å². The van der Waals surface area contributed by atoms with Crippen LogP contribution >= 0.6 is 0 Å². The zero-order valence-electron chi connectivity index (χ0n) is 10.9. The van der Waals surface area contributed by atoms with E-state index in [1.807, 2.05) is 6.92 Å². The monoisotopic (exact) mass is 231 g/mol. The molecule has 0 saturated carbocycles. The molecular weight excluding hydrogens is 206 g/mol. The first-order valence-electron chi connectivity index (χ1n) is 5.78. The van der Waals surface area contributed by atoms with Gasteiger partial charge in [-0.2, -0.15) is 0 Å². The van der Waals surface area contributed by atoms with Crippen LogP contribution in [-0.2, 0) is 9.47 Å². The molecule has 0 aromatic carbocycles. The van der Waals surface area contributed by atoms with Crippen molar-refractivity contribution >= 4 is 5.96 Å². The number of aliphatic imine (C=N–C) groups is 1. The number of guanidine groups is 1. The van der Waals surface area contributed by atoms with E-state index in [0.29, 0.717) is 6.61 Å². The van der Waals surface area contributed by atoms with Crippen molar-refractivity contribution in [3.05, 3.63) is 0 Å². The van der Waals surface area contributed by atoms with Crippen LogP contribution in [0.5, 0.6) is 0 Å². The molecule has 5 nitrogen and oxygen atoms in total. The van der Waals surface area contributed by atoms with Crippen molar-refractivity contribution in [2.45, 2.75) is 26.3 Å². The molecule has 0 aromatic heterocycles. The Morgan fingerprint density at radius 1 is 1.44 bits per heavy atom. The van der Waals surface area contributed by atoms with E-state index in [1.165, 1.54) is 0 Å². The second-order valence-corrected chi connectivity index (χ2v) is 3.55. The lowest BCUT2D eigenvalue weighted by atomic mass is 10.4. The van der Waals surface area contributed by atoms with Gasteiger partial charge < -0.3 is 20.1 Å². The highest BCUT2D eigenvalue weighted by atomic mass is 16.5. The molecule has 0 saturated heterocycles. The number of nitrogens with zero attached hydrogens (tertiary/aromatic N) is 1. The van der Waals surface area contributed by atoms with E-state index in [9.17, 15) is 0 Å². The van der Waals surface area contributed by atoms with Gasteiger partial charge in [-0.25, -0.2) is 0 Å². The van der Waals surface area contributed by atoms with Gasteiger partial charge in [0, 0.05) is 40.0 Å². The molecule has 0 amide bonds. The largest absolute Gasteiger partial charge is 0.383 e. The van der Waals surface area contributed by atoms with Gasteiger partial charge in [0.15, 0.2) is 5.96 Å². The van der Waals surface area contributed by atoms with Crippen molar-refractivity contribution in [3.63, 3.8) is 0 Å². The summed E-state index contributed by atoms with van der Waals surface area (Å²) in [5.74, 6) is 0.807. The molecule has 2 N–H and O–H groups in total. The molecule has 0 radical (unpaired) electrons. The molecule has 0 spiro atoms. The van der Waals surface area contributed by atoms with E-state index >= 15 is 0 Å². The molecule has 96 valence electrons. The highest BCUT2D eigenvalue weighted by molar-refractivity contribution is 5.79. The molecule has 0 fully saturated rings. The number of rotatable bonds is 8. The fourth-order valence-electron chi connectivity index (χ4n) is 1.25. The van der Waals surface area contributed by atoms with Crippen molar-refractivity contribution < 1.29 is 9.47 Å². The van der Waals surface area contributed by atoms with Gasteiger partial charge in [-0.05, 0) is 20.3 Å². The van der Waals surface area contributed by atoms with Crippen molar-refractivity contribution in [1.29, 1.82) is 0 Å². The Morgan fingerprint density at radius 3 is 2.75 bits per heavy atom. The Hall–Kier alpha value is -0.810. The summed E-state index contributed by atoms with van der Waals surface area (Å²) in [7, 11) is 3.45. The lowest BCUT2D eigenvalue weighted by Gasteiger charge is -2.17. The maximum atomic E-state index is 5.25. The molecular formula is C11H25N3O2. The van der Waals surface area contributed by atoms with Crippen LogP contribution in [-0.4, -0.2) is 52.5 Å². The highest BCUT2D eigenvalue weighted by Gasteiger charge is 2.03. The van der Waals surface area contributed by atoms with Gasteiger partial charge >= 0.3 is 0 Å². The van der Waals surface area contributed by atoms with E-state index in [-0.39, 0.29) is 6.04 Å².